The molecule has 20 heavy (non-hydrogen) atoms. The van der Waals surface area contributed by atoms with E-state index in [0.717, 1.165) is 0 Å². The fourth-order valence-corrected chi connectivity index (χ4v) is 1.98. The van der Waals surface area contributed by atoms with E-state index in [0.29, 0.717) is 16.9 Å². The number of para-hydroxylation sites is 1. The lowest BCUT2D eigenvalue weighted by molar-refractivity contribution is -0.00203. The normalized spacial score (nSPS) is 13.8. The van der Waals surface area contributed by atoms with E-state index in [9.17, 15) is 10.2 Å². The molecule has 0 saturated heterocycles. The van der Waals surface area contributed by atoms with Crippen molar-refractivity contribution in [3.63, 3.8) is 0 Å². The van der Waals surface area contributed by atoms with Crippen molar-refractivity contribution in [1.82, 2.24) is 0 Å². The van der Waals surface area contributed by atoms with Crippen LogP contribution in [0.2, 0.25) is 0 Å². The predicted octanol–water partition coefficient (Wildman–Crippen LogP) is 1.40. The Hall–Kier alpha value is -1.88. The molecule has 0 amide bonds. The molecule has 0 saturated carbocycles. The minimum Gasteiger partial charge on any atom is -0.490 e. The van der Waals surface area contributed by atoms with Crippen molar-refractivity contribution >= 4 is 0 Å². The van der Waals surface area contributed by atoms with Gasteiger partial charge in [0.2, 0.25) is 0 Å². The van der Waals surface area contributed by atoms with Crippen molar-refractivity contribution in [3.8, 4) is 5.75 Å². The fourth-order valence-electron chi connectivity index (χ4n) is 1.98. The van der Waals surface area contributed by atoms with Crippen LogP contribution in [-0.4, -0.2) is 23.4 Å². The van der Waals surface area contributed by atoms with Gasteiger partial charge in [-0.1, -0.05) is 48.5 Å². The molecular formula is C16H19NO3. The first-order valence-electron chi connectivity index (χ1n) is 6.49. The van der Waals surface area contributed by atoms with E-state index in [1.165, 1.54) is 0 Å². The SMILES string of the molecule is NCC(O)(COc1ccccc1CO)c1ccccc1. The van der Waals surface area contributed by atoms with Crippen LogP contribution in [0.15, 0.2) is 54.6 Å². The maximum atomic E-state index is 10.6. The highest BCUT2D eigenvalue weighted by Gasteiger charge is 2.28. The minimum absolute atomic E-state index is 0.0323. The van der Waals surface area contributed by atoms with Gasteiger partial charge in [-0.25, -0.2) is 0 Å². The first-order valence-corrected chi connectivity index (χ1v) is 6.49. The fraction of sp³-hybridized carbons (Fsp3) is 0.250. The molecule has 4 N–H and O–H groups in total. The summed E-state index contributed by atoms with van der Waals surface area (Å²) in [6.07, 6.45) is 0. The van der Waals surface area contributed by atoms with Gasteiger partial charge in [0.1, 0.15) is 18.0 Å². The number of nitrogens with two attached hydrogens (primary N) is 1. The zero-order chi connectivity index (χ0) is 14.4. The number of hydrogen-bond donors (Lipinski definition) is 3. The third-order valence-electron chi connectivity index (χ3n) is 3.26. The Morgan fingerprint density at radius 3 is 2.30 bits per heavy atom. The molecule has 2 aromatic carbocycles. The summed E-state index contributed by atoms with van der Waals surface area (Å²) in [5, 5.41) is 19.9. The summed E-state index contributed by atoms with van der Waals surface area (Å²) in [6, 6.07) is 16.4. The summed E-state index contributed by atoms with van der Waals surface area (Å²) < 4.78 is 5.65. The van der Waals surface area contributed by atoms with Crippen molar-refractivity contribution in [2.24, 2.45) is 5.73 Å². The van der Waals surface area contributed by atoms with E-state index >= 15 is 0 Å². The maximum absolute atomic E-state index is 10.6. The number of aliphatic hydroxyl groups excluding tert-OH is 1. The van der Waals surface area contributed by atoms with Crippen LogP contribution in [0, 0.1) is 0 Å². The first kappa shape index (κ1) is 14.5. The van der Waals surface area contributed by atoms with Crippen molar-refractivity contribution in [3.05, 3.63) is 65.7 Å². The molecule has 4 heteroatoms. The van der Waals surface area contributed by atoms with Gasteiger partial charge in [-0.15, -0.1) is 0 Å². The molecule has 0 bridgehead atoms. The average Bonchev–Trinajstić information content (AvgIpc) is 2.53. The molecule has 0 aliphatic carbocycles. The molecule has 0 radical (unpaired) electrons. The molecule has 1 atom stereocenters. The van der Waals surface area contributed by atoms with Crippen molar-refractivity contribution in [1.29, 1.82) is 0 Å². The van der Waals surface area contributed by atoms with E-state index in [1.54, 1.807) is 12.1 Å². The summed E-state index contributed by atoms with van der Waals surface area (Å²) in [5.74, 6) is 0.554. The lowest BCUT2D eigenvalue weighted by Gasteiger charge is -2.27. The van der Waals surface area contributed by atoms with Crippen LogP contribution in [0.5, 0.6) is 5.75 Å². The summed E-state index contributed by atoms with van der Waals surface area (Å²) in [5.41, 5.74) is 5.84. The van der Waals surface area contributed by atoms with Gasteiger partial charge in [-0.2, -0.15) is 0 Å². The van der Waals surface area contributed by atoms with Gasteiger partial charge >= 0.3 is 0 Å². The van der Waals surface area contributed by atoms with Crippen LogP contribution < -0.4 is 10.5 Å². The average molecular weight is 273 g/mol. The lowest BCUT2D eigenvalue weighted by atomic mass is 9.95. The van der Waals surface area contributed by atoms with Gasteiger partial charge in [0.05, 0.1) is 6.61 Å². The number of hydrogen-bond acceptors (Lipinski definition) is 4. The smallest absolute Gasteiger partial charge is 0.136 e. The van der Waals surface area contributed by atoms with Gasteiger partial charge in [0, 0.05) is 12.1 Å². The van der Waals surface area contributed by atoms with Gasteiger partial charge in [0.15, 0.2) is 0 Å². The number of ether oxygens (including phenoxy) is 1. The molecule has 0 spiro atoms. The number of benzene rings is 2. The van der Waals surface area contributed by atoms with Crippen molar-refractivity contribution in [2.45, 2.75) is 12.2 Å². The monoisotopic (exact) mass is 273 g/mol. The molecule has 0 aromatic heterocycles. The van der Waals surface area contributed by atoms with E-state index in [-0.39, 0.29) is 19.8 Å². The standard InChI is InChI=1S/C16H19NO3/c17-11-16(19,14-7-2-1-3-8-14)12-20-15-9-5-4-6-13(15)10-18/h1-9,18-19H,10-12,17H2. The Balaban J connectivity index is 2.15. The maximum Gasteiger partial charge on any atom is 0.136 e. The van der Waals surface area contributed by atoms with Crippen LogP contribution in [-0.2, 0) is 12.2 Å². The summed E-state index contributed by atoms with van der Waals surface area (Å²) in [7, 11) is 0. The molecule has 4 nitrogen and oxygen atoms in total. The van der Waals surface area contributed by atoms with Crippen LogP contribution in [0.25, 0.3) is 0 Å². The largest absolute Gasteiger partial charge is 0.490 e. The summed E-state index contributed by atoms with van der Waals surface area (Å²) in [4.78, 5) is 0. The highest BCUT2D eigenvalue weighted by atomic mass is 16.5. The van der Waals surface area contributed by atoms with Gasteiger partial charge < -0.3 is 20.7 Å². The predicted molar refractivity (Wildman–Crippen MR) is 77.3 cm³/mol. The molecule has 2 aromatic rings. The quantitative estimate of drug-likeness (QED) is 0.743. The molecule has 2 rings (SSSR count). The molecule has 0 fully saturated rings. The highest BCUT2D eigenvalue weighted by Crippen LogP contribution is 2.24. The summed E-state index contributed by atoms with van der Waals surface area (Å²) in [6.45, 7) is -0.0224. The van der Waals surface area contributed by atoms with E-state index in [1.807, 2.05) is 42.5 Å². The van der Waals surface area contributed by atoms with E-state index in [4.69, 9.17) is 10.5 Å². The third kappa shape index (κ3) is 3.17. The van der Waals surface area contributed by atoms with Crippen molar-refractivity contribution in [2.75, 3.05) is 13.2 Å². The van der Waals surface area contributed by atoms with Gasteiger partial charge in [-0.05, 0) is 11.6 Å². The van der Waals surface area contributed by atoms with Gasteiger partial charge in [0.25, 0.3) is 0 Å². The van der Waals surface area contributed by atoms with Crippen LogP contribution in [0.1, 0.15) is 11.1 Å². The van der Waals surface area contributed by atoms with Gasteiger partial charge in [-0.3, -0.25) is 0 Å². The molecule has 1 unspecified atom stereocenters. The third-order valence-corrected chi connectivity index (χ3v) is 3.26. The van der Waals surface area contributed by atoms with Crippen LogP contribution in [0.4, 0.5) is 0 Å². The Kier molecular flexibility index (Phi) is 4.74. The Labute approximate surface area is 118 Å². The second-order valence-electron chi connectivity index (χ2n) is 4.66. The summed E-state index contributed by atoms with van der Waals surface area (Å²) >= 11 is 0. The topological polar surface area (TPSA) is 75.7 Å². The lowest BCUT2D eigenvalue weighted by Crippen LogP contribution is -2.40. The number of aliphatic hydroxyl groups is 2. The van der Waals surface area contributed by atoms with E-state index < -0.39 is 5.60 Å². The zero-order valence-corrected chi connectivity index (χ0v) is 11.2. The minimum atomic E-state index is -1.25. The molecule has 106 valence electrons. The molecule has 0 heterocycles. The Morgan fingerprint density at radius 1 is 1.00 bits per heavy atom. The van der Waals surface area contributed by atoms with Crippen molar-refractivity contribution < 1.29 is 14.9 Å². The van der Waals surface area contributed by atoms with E-state index in [2.05, 4.69) is 0 Å². The number of rotatable bonds is 6. The second kappa shape index (κ2) is 6.52. The van der Waals surface area contributed by atoms with Crippen LogP contribution >= 0.6 is 0 Å². The highest BCUT2D eigenvalue weighted by molar-refractivity contribution is 5.33. The molecular weight excluding hydrogens is 254 g/mol. The van der Waals surface area contributed by atoms with Crippen LogP contribution in [0.3, 0.4) is 0 Å². The Morgan fingerprint density at radius 2 is 1.65 bits per heavy atom. The molecule has 0 aliphatic heterocycles. The zero-order valence-electron chi connectivity index (χ0n) is 11.2. The Bertz CT molecular complexity index is 544. The molecule has 0 aliphatic rings. The second-order valence-corrected chi connectivity index (χ2v) is 4.66. The first-order chi connectivity index (χ1) is 9.69.